The van der Waals surface area contributed by atoms with Gasteiger partial charge in [0, 0.05) is 18.2 Å². The number of hydrogen-bond acceptors (Lipinski definition) is 1. The SMILES string of the molecule is CCCC(C)NCc1ccc(C(F)F)cc1. The Kier molecular flexibility index (Phi) is 5.39. The van der Waals surface area contributed by atoms with Crippen LogP contribution in [0.4, 0.5) is 8.78 Å². The topological polar surface area (TPSA) is 12.0 Å². The van der Waals surface area contributed by atoms with Crippen molar-refractivity contribution in [3.05, 3.63) is 35.4 Å². The molecule has 0 radical (unpaired) electrons. The molecule has 0 bridgehead atoms. The maximum absolute atomic E-state index is 12.3. The van der Waals surface area contributed by atoms with E-state index in [2.05, 4.69) is 19.2 Å². The highest BCUT2D eigenvalue weighted by Gasteiger charge is 2.06. The van der Waals surface area contributed by atoms with Crippen molar-refractivity contribution < 1.29 is 8.78 Å². The smallest absolute Gasteiger partial charge is 0.263 e. The van der Waals surface area contributed by atoms with Gasteiger partial charge in [-0.05, 0) is 18.9 Å². The number of nitrogens with one attached hydrogen (secondary N) is 1. The number of hydrogen-bond donors (Lipinski definition) is 1. The molecule has 1 N–H and O–H groups in total. The van der Waals surface area contributed by atoms with Gasteiger partial charge >= 0.3 is 0 Å². The molecule has 0 aliphatic carbocycles. The third-order valence-corrected chi connectivity index (χ3v) is 2.61. The zero-order valence-corrected chi connectivity index (χ0v) is 9.84. The lowest BCUT2D eigenvalue weighted by Crippen LogP contribution is -2.25. The first-order valence-electron chi connectivity index (χ1n) is 5.73. The lowest BCUT2D eigenvalue weighted by Gasteiger charge is -2.12. The Balaban J connectivity index is 2.43. The highest BCUT2D eigenvalue weighted by molar-refractivity contribution is 5.23. The highest BCUT2D eigenvalue weighted by Crippen LogP contribution is 2.18. The molecule has 16 heavy (non-hydrogen) atoms. The van der Waals surface area contributed by atoms with Crippen molar-refractivity contribution in [2.24, 2.45) is 0 Å². The number of halogens is 2. The van der Waals surface area contributed by atoms with Gasteiger partial charge in [-0.15, -0.1) is 0 Å². The molecule has 0 aliphatic heterocycles. The summed E-state index contributed by atoms with van der Waals surface area (Å²) < 4.78 is 24.6. The van der Waals surface area contributed by atoms with Crippen LogP contribution >= 0.6 is 0 Å². The van der Waals surface area contributed by atoms with Crippen molar-refractivity contribution in [1.29, 1.82) is 0 Å². The number of rotatable bonds is 6. The Morgan fingerprint density at radius 3 is 2.31 bits per heavy atom. The van der Waals surface area contributed by atoms with Gasteiger partial charge in [0.2, 0.25) is 0 Å². The summed E-state index contributed by atoms with van der Waals surface area (Å²) in [5.74, 6) is 0. The predicted octanol–water partition coefficient (Wildman–Crippen LogP) is 3.90. The van der Waals surface area contributed by atoms with E-state index in [1.807, 2.05) is 0 Å². The molecular formula is C13H19F2N. The minimum Gasteiger partial charge on any atom is -0.310 e. The van der Waals surface area contributed by atoms with E-state index in [4.69, 9.17) is 0 Å². The summed E-state index contributed by atoms with van der Waals surface area (Å²) in [6.07, 6.45) is -0.0887. The van der Waals surface area contributed by atoms with Gasteiger partial charge in [0.25, 0.3) is 6.43 Å². The van der Waals surface area contributed by atoms with E-state index in [1.165, 1.54) is 12.1 Å². The van der Waals surface area contributed by atoms with E-state index in [0.717, 1.165) is 24.9 Å². The maximum Gasteiger partial charge on any atom is 0.263 e. The van der Waals surface area contributed by atoms with Crippen molar-refractivity contribution in [3.63, 3.8) is 0 Å². The summed E-state index contributed by atoms with van der Waals surface area (Å²) in [5, 5.41) is 3.36. The number of alkyl halides is 2. The van der Waals surface area contributed by atoms with Crippen LogP contribution in [0, 0.1) is 0 Å². The normalized spacial score (nSPS) is 13.1. The number of benzene rings is 1. The summed E-state index contributed by atoms with van der Waals surface area (Å²) in [6, 6.07) is 6.97. The molecule has 0 spiro atoms. The zero-order valence-electron chi connectivity index (χ0n) is 9.84. The van der Waals surface area contributed by atoms with Crippen molar-refractivity contribution in [3.8, 4) is 0 Å². The fourth-order valence-electron chi connectivity index (χ4n) is 1.61. The fourth-order valence-corrected chi connectivity index (χ4v) is 1.61. The Morgan fingerprint density at radius 1 is 1.19 bits per heavy atom. The van der Waals surface area contributed by atoms with Crippen molar-refractivity contribution >= 4 is 0 Å². The standard InChI is InChI=1S/C13H19F2N/c1-3-4-10(2)16-9-11-5-7-12(8-6-11)13(14)15/h5-8,10,13,16H,3-4,9H2,1-2H3. The molecule has 3 heteroatoms. The first-order chi connectivity index (χ1) is 7.63. The molecule has 1 aromatic rings. The first kappa shape index (κ1) is 13.1. The molecule has 0 aliphatic rings. The largest absolute Gasteiger partial charge is 0.310 e. The van der Waals surface area contributed by atoms with Crippen LogP contribution in [0.5, 0.6) is 0 Å². The van der Waals surface area contributed by atoms with Crippen LogP contribution in [0.2, 0.25) is 0 Å². The molecule has 1 aromatic carbocycles. The van der Waals surface area contributed by atoms with E-state index >= 15 is 0 Å². The lowest BCUT2D eigenvalue weighted by atomic mass is 10.1. The van der Waals surface area contributed by atoms with Gasteiger partial charge in [-0.25, -0.2) is 8.78 Å². The molecule has 0 heterocycles. The van der Waals surface area contributed by atoms with Crippen molar-refractivity contribution in [2.75, 3.05) is 0 Å². The Labute approximate surface area is 95.9 Å². The molecule has 0 saturated carbocycles. The Hall–Kier alpha value is -0.960. The molecule has 0 saturated heterocycles. The van der Waals surface area contributed by atoms with Crippen LogP contribution in [-0.4, -0.2) is 6.04 Å². The first-order valence-corrected chi connectivity index (χ1v) is 5.73. The summed E-state index contributed by atoms with van der Waals surface area (Å²) in [7, 11) is 0. The molecule has 1 nitrogen and oxygen atoms in total. The molecule has 1 atom stereocenters. The van der Waals surface area contributed by atoms with Crippen LogP contribution in [0.3, 0.4) is 0 Å². The van der Waals surface area contributed by atoms with Crippen molar-refractivity contribution in [2.45, 2.75) is 45.7 Å². The lowest BCUT2D eigenvalue weighted by molar-refractivity contribution is 0.151. The van der Waals surface area contributed by atoms with E-state index in [9.17, 15) is 8.78 Å². The van der Waals surface area contributed by atoms with E-state index in [1.54, 1.807) is 12.1 Å². The zero-order chi connectivity index (χ0) is 12.0. The second kappa shape index (κ2) is 6.59. The van der Waals surface area contributed by atoms with Crippen LogP contribution in [-0.2, 0) is 6.54 Å². The molecule has 1 unspecified atom stereocenters. The van der Waals surface area contributed by atoms with Crippen molar-refractivity contribution in [1.82, 2.24) is 5.32 Å². The molecule has 0 aromatic heterocycles. The molecule has 0 amide bonds. The second-order valence-electron chi connectivity index (χ2n) is 4.11. The van der Waals surface area contributed by atoms with Gasteiger partial charge < -0.3 is 5.32 Å². The van der Waals surface area contributed by atoms with Crippen LogP contribution in [0.15, 0.2) is 24.3 Å². The van der Waals surface area contributed by atoms with Crippen LogP contribution in [0.1, 0.15) is 44.2 Å². The van der Waals surface area contributed by atoms with Gasteiger partial charge in [0.05, 0.1) is 0 Å². The van der Waals surface area contributed by atoms with Gasteiger partial charge in [0.1, 0.15) is 0 Å². The third-order valence-electron chi connectivity index (χ3n) is 2.61. The Bertz CT molecular complexity index is 295. The van der Waals surface area contributed by atoms with E-state index < -0.39 is 6.43 Å². The van der Waals surface area contributed by atoms with Crippen LogP contribution in [0.25, 0.3) is 0 Å². The highest BCUT2D eigenvalue weighted by atomic mass is 19.3. The minimum atomic E-state index is -2.37. The third kappa shape index (κ3) is 4.27. The maximum atomic E-state index is 12.3. The van der Waals surface area contributed by atoms with Gasteiger partial charge in [-0.2, -0.15) is 0 Å². The molecule has 0 fully saturated rings. The minimum absolute atomic E-state index is 0.0883. The predicted molar refractivity (Wildman–Crippen MR) is 62.6 cm³/mol. The summed E-state index contributed by atoms with van der Waals surface area (Å²) in [4.78, 5) is 0. The monoisotopic (exact) mass is 227 g/mol. The molecule has 1 rings (SSSR count). The van der Waals surface area contributed by atoms with Gasteiger partial charge in [-0.3, -0.25) is 0 Å². The van der Waals surface area contributed by atoms with Crippen LogP contribution < -0.4 is 5.32 Å². The van der Waals surface area contributed by atoms with E-state index in [0.29, 0.717) is 6.04 Å². The average Bonchev–Trinajstić information content (AvgIpc) is 2.27. The van der Waals surface area contributed by atoms with E-state index in [-0.39, 0.29) is 5.56 Å². The molecular weight excluding hydrogens is 208 g/mol. The average molecular weight is 227 g/mol. The molecule has 90 valence electrons. The fraction of sp³-hybridized carbons (Fsp3) is 0.538. The quantitative estimate of drug-likeness (QED) is 0.777. The van der Waals surface area contributed by atoms with Gasteiger partial charge in [0.15, 0.2) is 0 Å². The summed E-state index contributed by atoms with van der Waals surface area (Å²) in [6.45, 7) is 5.03. The summed E-state index contributed by atoms with van der Waals surface area (Å²) >= 11 is 0. The second-order valence-corrected chi connectivity index (χ2v) is 4.11. The summed E-state index contributed by atoms with van der Waals surface area (Å²) in [5.41, 5.74) is 1.14. The Morgan fingerprint density at radius 2 is 1.81 bits per heavy atom. The van der Waals surface area contributed by atoms with Gasteiger partial charge in [-0.1, -0.05) is 37.6 Å².